The molecule has 5 nitrogen and oxygen atoms in total. The van der Waals surface area contributed by atoms with Crippen molar-refractivity contribution < 1.29 is 9.21 Å². The molecule has 0 radical (unpaired) electrons. The van der Waals surface area contributed by atoms with Gasteiger partial charge in [-0.05, 0) is 52.2 Å². The molecule has 0 spiro atoms. The zero-order valence-corrected chi connectivity index (χ0v) is 17.8. The molecular weight excluding hydrogens is 410 g/mol. The number of nitrogens with one attached hydrogen (secondary N) is 3. The maximum absolute atomic E-state index is 13.0. The van der Waals surface area contributed by atoms with Gasteiger partial charge in [0.25, 0.3) is 5.91 Å². The summed E-state index contributed by atoms with van der Waals surface area (Å²) in [6.07, 6.45) is 3.84. The molecular formula is C28H21N3O2. The molecule has 0 saturated carbocycles. The smallest absolute Gasteiger partial charge is 0.287 e. The summed E-state index contributed by atoms with van der Waals surface area (Å²) in [5.74, 6) is 0.713. The Kier molecular flexibility index (Phi) is 4.58. The van der Waals surface area contributed by atoms with Crippen molar-refractivity contribution in [2.75, 3.05) is 0 Å². The second kappa shape index (κ2) is 7.88. The van der Waals surface area contributed by atoms with E-state index in [9.17, 15) is 4.79 Å². The van der Waals surface area contributed by atoms with Crippen LogP contribution in [0.2, 0.25) is 0 Å². The van der Waals surface area contributed by atoms with Crippen LogP contribution in [0.15, 0.2) is 102 Å². The van der Waals surface area contributed by atoms with Crippen molar-refractivity contribution in [2.24, 2.45) is 0 Å². The summed E-state index contributed by atoms with van der Waals surface area (Å²) in [6.45, 7) is 0.438. The van der Waals surface area contributed by atoms with Gasteiger partial charge in [-0.15, -0.1) is 0 Å². The van der Waals surface area contributed by atoms with Gasteiger partial charge in [-0.2, -0.15) is 0 Å². The van der Waals surface area contributed by atoms with Crippen LogP contribution in [-0.4, -0.2) is 15.9 Å². The Labute approximate surface area is 190 Å². The molecule has 160 valence electrons. The summed E-state index contributed by atoms with van der Waals surface area (Å²) in [4.78, 5) is 19.5. The number of benzene rings is 3. The molecule has 6 rings (SSSR count). The molecule has 0 bridgehead atoms. The van der Waals surface area contributed by atoms with Gasteiger partial charge >= 0.3 is 0 Å². The topological polar surface area (TPSA) is 73.8 Å². The van der Waals surface area contributed by atoms with E-state index in [0.717, 1.165) is 44.1 Å². The van der Waals surface area contributed by atoms with Gasteiger partial charge in [-0.1, -0.05) is 54.6 Å². The molecule has 3 aromatic carbocycles. The quantitative estimate of drug-likeness (QED) is 0.291. The summed E-state index contributed by atoms with van der Waals surface area (Å²) in [5, 5.41) is 5.23. The molecule has 3 heterocycles. The Morgan fingerprint density at radius 3 is 2.15 bits per heavy atom. The van der Waals surface area contributed by atoms with E-state index in [1.54, 1.807) is 0 Å². The molecule has 5 heteroatoms. The van der Waals surface area contributed by atoms with Crippen LogP contribution in [0, 0.1) is 0 Å². The lowest BCUT2D eigenvalue weighted by atomic mass is 10.0. The highest BCUT2D eigenvalue weighted by atomic mass is 16.4. The minimum Gasteiger partial charge on any atom is -0.450 e. The van der Waals surface area contributed by atoms with E-state index in [1.807, 2.05) is 67.0 Å². The largest absolute Gasteiger partial charge is 0.450 e. The highest BCUT2D eigenvalue weighted by molar-refractivity contribution is 5.97. The zero-order chi connectivity index (χ0) is 22.2. The van der Waals surface area contributed by atoms with E-state index < -0.39 is 0 Å². The number of carbonyl (C=O) groups is 1. The number of amides is 1. The number of aromatic amines is 2. The fourth-order valence-corrected chi connectivity index (χ4v) is 4.20. The minimum absolute atomic E-state index is 0.242. The van der Waals surface area contributed by atoms with E-state index in [0.29, 0.717) is 12.3 Å². The average Bonchev–Trinajstić information content (AvgIpc) is 3.61. The van der Waals surface area contributed by atoms with Crippen LogP contribution in [0.5, 0.6) is 0 Å². The van der Waals surface area contributed by atoms with Crippen LogP contribution >= 0.6 is 0 Å². The van der Waals surface area contributed by atoms with Gasteiger partial charge in [0.2, 0.25) is 0 Å². The summed E-state index contributed by atoms with van der Waals surface area (Å²) in [5.41, 5.74) is 5.86. The van der Waals surface area contributed by atoms with Gasteiger partial charge in [0.05, 0.1) is 0 Å². The Bertz CT molecular complexity index is 1500. The number of furan rings is 1. The van der Waals surface area contributed by atoms with Crippen molar-refractivity contribution >= 4 is 27.7 Å². The number of rotatable bonds is 5. The van der Waals surface area contributed by atoms with E-state index >= 15 is 0 Å². The maximum Gasteiger partial charge on any atom is 0.287 e. The first kappa shape index (κ1) is 19.2. The third-order valence-corrected chi connectivity index (χ3v) is 5.93. The Morgan fingerprint density at radius 1 is 0.758 bits per heavy atom. The Hall–Kier alpha value is -4.51. The molecule has 0 fully saturated rings. The summed E-state index contributed by atoms with van der Waals surface area (Å²) < 4.78 is 6.19. The van der Waals surface area contributed by atoms with Crippen molar-refractivity contribution in [1.29, 1.82) is 0 Å². The third-order valence-electron chi connectivity index (χ3n) is 5.93. The van der Waals surface area contributed by atoms with Crippen LogP contribution < -0.4 is 5.32 Å². The summed E-state index contributed by atoms with van der Waals surface area (Å²) in [6, 6.07) is 28.1. The van der Waals surface area contributed by atoms with Crippen LogP contribution in [-0.2, 0) is 6.54 Å². The van der Waals surface area contributed by atoms with Crippen LogP contribution in [0.4, 0.5) is 0 Å². The highest BCUT2D eigenvalue weighted by Gasteiger charge is 2.20. The van der Waals surface area contributed by atoms with Crippen molar-refractivity contribution in [2.45, 2.75) is 6.54 Å². The normalized spacial score (nSPS) is 11.3. The molecule has 0 atom stereocenters. The van der Waals surface area contributed by atoms with Gasteiger partial charge in [0, 0.05) is 41.1 Å². The van der Waals surface area contributed by atoms with Crippen molar-refractivity contribution in [1.82, 2.24) is 15.3 Å². The van der Waals surface area contributed by atoms with Crippen LogP contribution in [0.3, 0.4) is 0 Å². The maximum atomic E-state index is 13.0. The number of carbonyl (C=O) groups excluding carboxylic acids is 1. The van der Waals surface area contributed by atoms with Crippen LogP contribution in [0.25, 0.3) is 44.3 Å². The van der Waals surface area contributed by atoms with Crippen molar-refractivity contribution in [3.63, 3.8) is 0 Å². The average molecular weight is 431 g/mol. The second-order valence-corrected chi connectivity index (χ2v) is 8.08. The van der Waals surface area contributed by atoms with Gasteiger partial charge in [0.1, 0.15) is 5.76 Å². The number of hydrogen-bond donors (Lipinski definition) is 3. The standard InChI is InChI=1S/C28H21N3O2/c32-28(31-17-18-4-2-1-3-5-18)26-16-23(21-8-6-19-10-12-29-24(19)14-21)27(33-26)22-9-7-20-11-13-30-25(20)15-22/h1-16,29-30H,17H2,(H,31,32). The zero-order valence-electron chi connectivity index (χ0n) is 17.8. The molecule has 6 aromatic rings. The predicted molar refractivity (Wildman–Crippen MR) is 131 cm³/mol. The predicted octanol–water partition coefficient (Wildman–Crippen LogP) is 6.51. The molecule has 3 aromatic heterocycles. The van der Waals surface area contributed by atoms with E-state index in [1.165, 1.54) is 0 Å². The first-order valence-electron chi connectivity index (χ1n) is 10.9. The first-order valence-corrected chi connectivity index (χ1v) is 10.9. The molecule has 0 aliphatic rings. The van der Waals surface area contributed by atoms with Crippen molar-refractivity contribution in [3.05, 3.63) is 109 Å². The monoisotopic (exact) mass is 431 g/mol. The van der Waals surface area contributed by atoms with Crippen LogP contribution in [0.1, 0.15) is 16.1 Å². The fourth-order valence-electron chi connectivity index (χ4n) is 4.20. The molecule has 1 amide bonds. The second-order valence-electron chi connectivity index (χ2n) is 8.08. The van der Waals surface area contributed by atoms with Crippen molar-refractivity contribution in [3.8, 4) is 22.5 Å². The number of aromatic nitrogens is 2. The minimum atomic E-state index is -0.242. The molecule has 33 heavy (non-hydrogen) atoms. The number of hydrogen-bond acceptors (Lipinski definition) is 2. The van der Waals surface area contributed by atoms with Gasteiger partial charge in [-0.25, -0.2) is 0 Å². The highest BCUT2D eigenvalue weighted by Crippen LogP contribution is 2.37. The van der Waals surface area contributed by atoms with Gasteiger partial charge in [-0.3, -0.25) is 4.79 Å². The van der Waals surface area contributed by atoms with E-state index in [4.69, 9.17) is 4.42 Å². The van der Waals surface area contributed by atoms with Gasteiger partial charge in [0.15, 0.2) is 5.76 Å². The molecule has 0 saturated heterocycles. The summed E-state index contributed by atoms with van der Waals surface area (Å²) in [7, 11) is 0. The molecule has 0 aliphatic heterocycles. The Balaban J connectivity index is 1.42. The number of H-pyrrole nitrogens is 2. The number of fused-ring (bicyclic) bond motifs is 2. The molecule has 3 N–H and O–H groups in total. The molecule has 0 unspecified atom stereocenters. The SMILES string of the molecule is O=C(NCc1ccccc1)c1cc(-c2ccc3cc[nH]c3c2)c(-c2ccc3cc[nH]c3c2)o1. The van der Waals surface area contributed by atoms with E-state index in [-0.39, 0.29) is 11.7 Å². The lowest BCUT2D eigenvalue weighted by Gasteiger charge is -2.05. The third kappa shape index (κ3) is 3.59. The summed E-state index contributed by atoms with van der Waals surface area (Å²) >= 11 is 0. The van der Waals surface area contributed by atoms with E-state index in [2.05, 4.69) is 45.6 Å². The molecule has 0 aliphatic carbocycles. The lowest BCUT2D eigenvalue weighted by Crippen LogP contribution is -2.22. The first-order chi connectivity index (χ1) is 16.2. The fraction of sp³-hybridized carbons (Fsp3) is 0.0357. The lowest BCUT2D eigenvalue weighted by molar-refractivity contribution is 0.0924. The van der Waals surface area contributed by atoms with Gasteiger partial charge < -0.3 is 19.7 Å². The Morgan fingerprint density at radius 2 is 1.42 bits per heavy atom.